The molecule has 2 N–H and O–H groups in total. The Hall–Kier alpha value is -0.660. The van der Waals surface area contributed by atoms with Gasteiger partial charge in [0.2, 0.25) is 5.91 Å². The summed E-state index contributed by atoms with van der Waals surface area (Å²) in [5.41, 5.74) is 5.72. The molecule has 0 aromatic rings. The van der Waals surface area contributed by atoms with E-state index in [9.17, 15) is 13.2 Å². The Bertz CT molecular complexity index is 466. The Kier molecular flexibility index (Phi) is 5.62. The highest BCUT2D eigenvalue weighted by atomic mass is 32.2. The first kappa shape index (κ1) is 16.7. The van der Waals surface area contributed by atoms with E-state index in [0.717, 1.165) is 25.9 Å². The fraction of sp³-hybridized carbons (Fsp3) is 0.929. The smallest absolute Gasteiger partial charge is 0.237 e. The number of nitrogens with zero attached hydrogens (tertiary/aromatic N) is 2. The average Bonchev–Trinajstić information content (AvgIpc) is 2.80. The first-order valence-electron chi connectivity index (χ1n) is 7.87. The van der Waals surface area contributed by atoms with Gasteiger partial charge in [-0.1, -0.05) is 0 Å². The van der Waals surface area contributed by atoms with Crippen LogP contribution in [0.5, 0.6) is 0 Å². The number of sulfone groups is 1. The summed E-state index contributed by atoms with van der Waals surface area (Å²) in [5.74, 6) is 0.865. The molecule has 0 saturated carbocycles. The monoisotopic (exact) mass is 317 g/mol. The minimum absolute atomic E-state index is 0.0530. The lowest BCUT2D eigenvalue weighted by Crippen LogP contribution is -2.48. The molecule has 2 rings (SSSR count). The summed E-state index contributed by atoms with van der Waals surface area (Å²) >= 11 is 0. The SMILES string of the molecule is CCN(C(=O)CN1CCCC(CN)C1)C1CCS(=O)(=O)C1. The van der Waals surface area contributed by atoms with E-state index in [4.69, 9.17) is 5.73 Å². The second kappa shape index (κ2) is 7.07. The van der Waals surface area contributed by atoms with E-state index in [-0.39, 0.29) is 23.5 Å². The normalized spacial score (nSPS) is 29.4. The van der Waals surface area contributed by atoms with Gasteiger partial charge in [-0.05, 0) is 45.2 Å². The van der Waals surface area contributed by atoms with Gasteiger partial charge in [0, 0.05) is 19.1 Å². The van der Waals surface area contributed by atoms with Crippen LogP contribution in [-0.4, -0.2) is 74.4 Å². The van der Waals surface area contributed by atoms with E-state index < -0.39 is 9.84 Å². The third kappa shape index (κ3) is 4.40. The number of nitrogens with two attached hydrogens (primary N) is 1. The number of hydrogen-bond donors (Lipinski definition) is 1. The molecule has 6 nitrogen and oxygen atoms in total. The van der Waals surface area contributed by atoms with E-state index in [1.165, 1.54) is 0 Å². The van der Waals surface area contributed by atoms with Crippen LogP contribution in [0.1, 0.15) is 26.2 Å². The van der Waals surface area contributed by atoms with Gasteiger partial charge in [-0.3, -0.25) is 9.69 Å². The number of carbonyl (C=O) groups excluding carboxylic acids is 1. The summed E-state index contributed by atoms with van der Waals surface area (Å²) in [7, 11) is -2.95. The predicted octanol–water partition coefficient (Wildman–Crippen LogP) is -0.307. The number of amides is 1. The average molecular weight is 317 g/mol. The van der Waals surface area contributed by atoms with Gasteiger partial charge in [-0.25, -0.2) is 8.42 Å². The highest BCUT2D eigenvalue weighted by Gasteiger charge is 2.34. The summed E-state index contributed by atoms with van der Waals surface area (Å²) in [5, 5.41) is 0. The van der Waals surface area contributed by atoms with E-state index >= 15 is 0 Å². The van der Waals surface area contributed by atoms with E-state index in [1.807, 2.05) is 6.92 Å². The van der Waals surface area contributed by atoms with Crippen molar-refractivity contribution >= 4 is 15.7 Å². The Morgan fingerprint density at radius 3 is 2.71 bits per heavy atom. The Labute approximate surface area is 127 Å². The van der Waals surface area contributed by atoms with Crippen molar-refractivity contribution in [3.05, 3.63) is 0 Å². The fourth-order valence-electron chi connectivity index (χ4n) is 3.43. The standard InChI is InChI=1S/C14H27N3O3S/c1-2-17(13-5-7-21(19,20)11-13)14(18)10-16-6-3-4-12(8-15)9-16/h12-13H,2-11,15H2,1H3. The molecule has 2 aliphatic rings. The second-order valence-corrected chi connectivity index (χ2v) is 8.44. The predicted molar refractivity (Wildman–Crippen MR) is 82.7 cm³/mol. The van der Waals surface area contributed by atoms with Gasteiger partial charge in [-0.15, -0.1) is 0 Å². The van der Waals surface area contributed by atoms with E-state index in [1.54, 1.807) is 4.90 Å². The molecule has 2 heterocycles. The third-order valence-electron chi connectivity index (χ3n) is 4.61. The zero-order chi connectivity index (χ0) is 15.5. The van der Waals surface area contributed by atoms with Crippen LogP contribution in [0.2, 0.25) is 0 Å². The number of piperidine rings is 1. The zero-order valence-corrected chi connectivity index (χ0v) is 13.6. The lowest BCUT2D eigenvalue weighted by Gasteiger charge is -2.34. The maximum Gasteiger partial charge on any atom is 0.237 e. The lowest BCUT2D eigenvalue weighted by atomic mass is 9.98. The minimum Gasteiger partial charge on any atom is -0.338 e. The van der Waals surface area contributed by atoms with Crippen LogP contribution >= 0.6 is 0 Å². The van der Waals surface area contributed by atoms with Crippen LogP contribution in [0.25, 0.3) is 0 Å². The quantitative estimate of drug-likeness (QED) is 0.752. The molecule has 0 radical (unpaired) electrons. The van der Waals surface area contributed by atoms with Crippen molar-refractivity contribution in [1.29, 1.82) is 0 Å². The van der Waals surface area contributed by atoms with Crippen LogP contribution < -0.4 is 5.73 Å². The largest absolute Gasteiger partial charge is 0.338 e. The summed E-state index contributed by atoms with van der Waals surface area (Å²) < 4.78 is 23.2. The first-order chi connectivity index (χ1) is 9.95. The molecule has 7 heteroatoms. The maximum absolute atomic E-state index is 12.5. The van der Waals surface area contributed by atoms with Crippen molar-refractivity contribution < 1.29 is 13.2 Å². The van der Waals surface area contributed by atoms with Crippen LogP contribution in [0.15, 0.2) is 0 Å². The number of likely N-dealkylation sites (N-methyl/N-ethyl adjacent to an activating group) is 1. The number of carbonyl (C=O) groups is 1. The highest BCUT2D eigenvalue weighted by molar-refractivity contribution is 7.91. The topological polar surface area (TPSA) is 83.7 Å². The van der Waals surface area contributed by atoms with Crippen molar-refractivity contribution in [3.8, 4) is 0 Å². The van der Waals surface area contributed by atoms with Gasteiger partial charge in [-0.2, -0.15) is 0 Å². The molecular weight excluding hydrogens is 290 g/mol. The molecular formula is C14H27N3O3S. The van der Waals surface area contributed by atoms with Crippen LogP contribution in [0.3, 0.4) is 0 Å². The molecule has 1 amide bonds. The van der Waals surface area contributed by atoms with Crippen molar-refractivity contribution in [3.63, 3.8) is 0 Å². The fourth-order valence-corrected chi connectivity index (χ4v) is 5.16. The Morgan fingerprint density at radius 1 is 1.38 bits per heavy atom. The molecule has 2 atom stereocenters. The molecule has 2 fully saturated rings. The molecule has 0 bridgehead atoms. The molecule has 0 aromatic carbocycles. The third-order valence-corrected chi connectivity index (χ3v) is 6.36. The molecule has 0 spiro atoms. The molecule has 122 valence electrons. The van der Waals surface area contributed by atoms with Gasteiger partial charge in [0.05, 0.1) is 18.1 Å². The first-order valence-corrected chi connectivity index (χ1v) is 9.69. The van der Waals surface area contributed by atoms with Gasteiger partial charge in [0.1, 0.15) is 0 Å². The Morgan fingerprint density at radius 2 is 2.14 bits per heavy atom. The van der Waals surface area contributed by atoms with Crippen LogP contribution in [0, 0.1) is 5.92 Å². The maximum atomic E-state index is 12.5. The van der Waals surface area contributed by atoms with Crippen LogP contribution in [-0.2, 0) is 14.6 Å². The van der Waals surface area contributed by atoms with Gasteiger partial charge in [0.25, 0.3) is 0 Å². The summed E-state index contributed by atoms with van der Waals surface area (Å²) in [6.07, 6.45) is 2.80. The van der Waals surface area contributed by atoms with Crippen molar-refractivity contribution in [1.82, 2.24) is 9.80 Å². The number of hydrogen-bond acceptors (Lipinski definition) is 5. The van der Waals surface area contributed by atoms with E-state index in [0.29, 0.717) is 32.0 Å². The van der Waals surface area contributed by atoms with Crippen molar-refractivity contribution in [2.75, 3.05) is 44.2 Å². The van der Waals surface area contributed by atoms with E-state index in [2.05, 4.69) is 4.90 Å². The highest BCUT2D eigenvalue weighted by Crippen LogP contribution is 2.19. The van der Waals surface area contributed by atoms with Gasteiger partial charge >= 0.3 is 0 Å². The van der Waals surface area contributed by atoms with Crippen molar-refractivity contribution in [2.45, 2.75) is 32.2 Å². The van der Waals surface area contributed by atoms with Crippen LogP contribution in [0.4, 0.5) is 0 Å². The van der Waals surface area contributed by atoms with Crippen molar-refractivity contribution in [2.24, 2.45) is 11.7 Å². The lowest BCUT2D eigenvalue weighted by molar-refractivity contribution is -0.134. The minimum atomic E-state index is -2.95. The second-order valence-electron chi connectivity index (χ2n) is 6.22. The van der Waals surface area contributed by atoms with Gasteiger partial charge < -0.3 is 10.6 Å². The van der Waals surface area contributed by atoms with Gasteiger partial charge in [0.15, 0.2) is 9.84 Å². The zero-order valence-electron chi connectivity index (χ0n) is 12.8. The summed E-state index contributed by atoms with van der Waals surface area (Å²) in [6.45, 7) is 5.37. The molecule has 21 heavy (non-hydrogen) atoms. The molecule has 0 aliphatic carbocycles. The molecule has 2 aliphatic heterocycles. The Balaban J connectivity index is 1.91. The number of rotatable bonds is 5. The summed E-state index contributed by atoms with van der Waals surface area (Å²) in [6, 6.07) is -0.136. The molecule has 0 aromatic heterocycles. The summed E-state index contributed by atoms with van der Waals surface area (Å²) in [4.78, 5) is 16.4. The number of likely N-dealkylation sites (tertiary alicyclic amines) is 1. The molecule has 2 saturated heterocycles. The molecule has 2 unspecified atom stereocenters.